The van der Waals surface area contributed by atoms with Crippen LogP contribution in [0.15, 0.2) is 0 Å². The van der Waals surface area contributed by atoms with E-state index in [4.69, 9.17) is 5.73 Å². The van der Waals surface area contributed by atoms with Crippen LogP contribution in [0.25, 0.3) is 0 Å². The van der Waals surface area contributed by atoms with Gasteiger partial charge in [0.1, 0.15) is 0 Å². The molecule has 0 aliphatic carbocycles. The first kappa shape index (κ1) is 16.9. The van der Waals surface area contributed by atoms with Crippen LogP contribution in [0.3, 0.4) is 0 Å². The van der Waals surface area contributed by atoms with Crippen molar-refractivity contribution in [3.8, 4) is 0 Å². The number of likely N-dealkylation sites (N-methyl/N-ethyl adjacent to an activating group) is 1. The molecule has 0 aromatic rings. The molecule has 6 nitrogen and oxygen atoms in total. The first-order valence-corrected chi connectivity index (χ1v) is 7.41. The van der Waals surface area contributed by atoms with Crippen molar-refractivity contribution in [2.75, 3.05) is 32.7 Å². The lowest BCUT2D eigenvalue weighted by Gasteiger charge is -2.39. The van der Waals surface area contributed by atoms with Crippen LogP contribution in [0.4, 0.5) is 0 Å². The van der Waals surface area contributed by atoms with Crippen molar-refractivity contribution in [2.45, 2.75) is 39.8 Å². The number of carbonyl (C=O) groups excluding carboxylic acids is 2. The van der Waals surface area contributed by atoms with Gasteiger partial charge in [0.05, 0.1) is 12.6 Å². The fraction of sp³-hybridized carbons (Fsp3) is 0.857. The smallest absolute Gasteiger partial charge is 0.242 e. The molecule has 1 saturated heterocycles. The van der Waals surface area contributed by atoms with Gasteiger partial charge in [-0.3, -0.25) is 14.5 Å². The first-order valence-electron chi connectivity index (χ1n) is 7.41. The number of rotatable bonds is 5. The van der Waals surface area contributed by atoms with Crippen LogP contribution in [0.2, 0.25) is 0 Å². The lowest BCUT2D eigenvalue weighted by atomic mass is 10.1. The maximum atomic E-state index is 12.1. The minimum absolute atomic E-state index is 0.0306. The topological polar surface area (TPSA) is 78.7 Å². The average molecular weight is 284 g/mol. The molecule has 1 rings (SSSR count). The van der Waals surface area contributed by atoms with Gasteiger partial charge in [-0.05, 0) is 19.4 Å². The van der Waals surface area contributed by atoms with Gasteiger partial charge in [0.25, 0.3) is 0 Å². The molecule has 20 heavy (non-hydrogen) atoms. The molecule has 0 aromatic carbocycles. The Morgan fingerprint density at radius 1 is 1.35 bits per heavy atom. The van der Waals surface area contributed by atoms with E-state index in [-0.39, 0.29) is 24.3 Å². The van der Waals surface area contributed by atoms with Crippen LogP contribution in [-0.4, -0.2) is 66.4 Å². The van der Waals surface area contributed by atoms with E-state index < -0.39 is 6.04 Å². The van der Waals surface area contributed by atoms with E-state index in [9.17, 15) is 9.59 Å². The minimum atomic E-state index is -0.557. The number of piperazine rings is 1. The highest BCUT2D eigenvalue weighted by Crippen LogP contribution is 2.08. The molecule has 3 N–H and O–H groups in total. The second kappa shape index (κ2) is 7.59. The van der Waals surface area contributed by atoms with E-state index in [1.54, 1.807) is 0 Å². The Bertz CT molecular complexity index is 346. The Hall–Kier alpha value is -1.14. The number of nitrogens with one attached hydrogen (secondary N) is 1. The molecule has 0 spiro atoms. The third kappa shape index (κ3) is 4.45. The third-order valence-corrected chi connectivity index (χ3v) is 3.96. The zero-order chi connectivity index (χ0) is 15.3. The number of carbonyl (C=O) groups is 2. The van der Waals surface area contributed by atoms with Crippen LogP contribution in [-0.2, 0) is 9.59 Å². The van der Waals surface area contributed by atoms with Gasteiger partial charge < -0.3 is 16.0 Å². The predicted molar refractivity (Wildman–Crippen MR) is 79.1 cm³/mol. The molecule has 6 heteroatoms. The molecule has 1 unspecified atom stereocenters. The standard InChI is InChI=1S/C14H28N4O2/c1-5-17-6-7-18(9-11(17)4)12(19)8-16-14(20)13(15)10(2)3/h10-11,13H,5-9,15H2,1-4H3,(H,16,20)/t11?,13-/m0/s1. The summed E-state index contributed by atoms with van der Waals surface area (Å²) in [6.07, 6.45) is 0. The fourth-order valence-corrected chi connectivity index (χ4v) is 2.39. The first-order chi connectivity index (χ1) is 9.36. The molecule has 1 heterocycles. The van der Waals surface area contributed by atoms with Gasteiger partial charge >= 0.3 is 0 Å². The molecule has 1 aliphatic heterocycles. The summed E-state index contributed by atoms with van der Waals surface area (Å²) in [4.78, 5) is 28.0. The van der Waals surface area contributed by atoms with Gasteiger partial charge in [-0.25, -0.2) is 0 Å². The summed E-state index contributed by atoms with van der Waals surface area (Å²) in [5.74, 6) is -0.219. The van der Waals surface area contributed by atoms with Crippen molar-refractivity contribution >= 4 is 11.8 Å². The summed E-state index contributed by atoms with van der Waals surface area (Å²) in [6, 6.07) is -0.190. The van der Waals surface area contributed by atoms with E-state index in [0.717, 1.165) is 26.2 Å². The minimum Gasteiger partial charge on any atom is -0.346 e. The highest BCUT2D eigenvalue weighted by molar-refractivity contribution is 5.87. The van der Waals surface area contributed by atoms with Gasteiger partial charge in [0, 0.05) is 25.7 Å². The highest BCUT2D eigenvalue weighted by atomic mass is 16.2. The van der Waals surface area contributed by atoms with Gasteiger partial charge in [-0.1, -0.05) is 20.8 Å². The predicted octanol–water partition coefficient (Wildman–Crippen LogP) is -0.361. The normalized spacial score (nSPS) is 21.9. The second-order valence-corrected chi connectivity index (χ2v) is 5.80. The second-order valence-electron chi connectivity index (χ2n) is 5.80. The lowest BCUT2D eigenvalue weighted by molar-refractivity contribution is -0.135. The molecule has 0 aromatic heterocycles. The van der Waals surface area contributed by atoms with Crippen LogP contribution in [0.1, 0.15) is 27.7 Å². The van der Waals surface area contributed by atoms with Crippen molar-refractivity contribution in [1.82, 2.24) is 15.1 Å². The maximum Gasteiger partial charge on any atom is 0.242 e. The number of hydrogen-bond acceptors (Lipinski definition) is 4. The molecular weight excluding hydrogens is 256 g/mol. The third-order valence-electron chi connectivity index (χ3n) is 3.96. The number of nitrogens with zero attached hydrogens (tertiary/aromatic N) is 2. The number of amides is 2. The Kier molecular flexibility index (Phi) is 6.42. The highest BCUT2D eigenvalue weighted by Gasteiger charge is 2.26. The van der Waals surface area contributed by atoms with E-state index in [0.29, 0.717) is 6.04 Å². The summed E-state index contributed by atoms with van der Waals surface area (Å²) in [5, 5.41) is 2.63. The number of nitrogens with two attached hydrogens (primary N) is 1. The molecule has 0 bridgehead atoms. The van der Waals surface area contributed by atoms with E-state index in [1.807, 2.05) is 18.7 Å². The maximum absolute atomic E-state index is 12.1. The summed E-state index contributed by atoms with van der Waals surface area (Å²) >= 11 is 0. The fourth-order valence-electron chi connectivity index (χ4n) is 2.39. The van der Waals surface area contributed by atoms with Crippen molar-refractivity contribution in [3.63, 3.8) is 0 Å². The SMILES string of the molecule is CCN1CCN(C(=O)CNC(=O)[C@@H](N)C(C)C)CC1C. The Morgan fingerprint density at radius 2 is 2.00 bits per heavy atom. The van der Waals surface area contributed by atoms with Crippen LogP contribution in [0.5, 0.6) is 0 Å². The zero-order valence-electron chi connectivity index (χ0n) is 13.1. The largest absolute Gasteiger partial charge is 0.346 e. The van der Waals surface area contributed by atoms with Crippen LogP contribution < -0.4 is 11.1 Å². The van der Waals surface area contributed by atoms with Crippen molar-refractivity contribution < 1.29 is 9.59 Å². The lowest BCUT2D eigenvalue weighted by Crippen LogP contribution is -2.55. The number of hydrogen-bond donors (Lipinski definition) is 2. The quantitative estimate of drug-likeness (QED) is 0.722. The molecule has 116 valence electrons. The van der Waals surface area contributed by atoms with E-state index >= 15 is 0 Å². The van der Waals surface area contributed by atoms with Gasteiger partial charge in [-0.15, -0.1) is 0 Å². The molecule has 2 atom stereocenters. The molecule has 1 aliphatic rings. The summed E-state index contributed by atoms with van der Waals surface area (Å²) in [7, 11) is 0. The molecule has 0 saturated carbocycles. The molecule has 1 fully saturated rings. The van der Waals surface area contributed by atoms with Crippen LogP contribution >= 0.6 is 0 Å². The Balaban J connectivity index is 2.39. The molecule has 0 radical (unpaired) electrons. The zero-order valence-corrected chi connectivity index (χ0v) is 13.1. The van der Waals surface area contributed by atoms with Crippen molar-refractivity contribution in [2.24, 2.45) is 11.7 Å². The van der Waals surface area contributed by atoms with Crippen LogP contribution in [0, 0.1) is 5.92 Å². The monoisotopic (exact) mass is 284 g/mol. The Labute approximate surface area is 121 Å². The molecular formula is C14H28N4O2. The van der Waals surface area contributed by atoms with E-state index in [2.05, 4.69) is 24.1 Å². The summed E-state index contributed by atoms with van der Waals surface area (Å²) < 4.78 is 0. The van der Waals surface area contributed by atoms with Crippen molar-refractivity contribution in [3.05, 3.63) is 0 Å². The summed E-state index contributed by atoms with van der Waals surface area (Å²) in [6.45, 7) is 11.4. The van der Waals surface area contributed by atoms with Gasteiger partial charge in [0.15, 0.2) is 0 Å². The van der Waals surface area contributed by atoms with E-state index in [1.165, 1.54) is 0 Å². The van der Waals surface area contributed by atoms with Crippen molar-refractivity contribution in [1.29, 1.82) is 0 Å². The molecule has 2 amide bonds. The Morgan fingerprint density at radius 3 is 2.50 bits per heavy atom. The average Bonchev–Trinajstić information content (AvgIpc) is 2.43. The van der Waals surface area contributed by atoms with Gasteiger partial charge in [0.2, 0.25) is 11.8 Å². The van der Waals surface area contributed by atoms with Gasteiger partial charge in [-0.2, -0.15) is 0 Å². The summed E-state index contributed by atoms with van der Waals surface area (Å²) in [5.41, 5.74) is 5.74.